The normalized spacial score (nSPS) is 11.2. The standard InChI is InChI=1S/C26H27N3O7/c1-6-33-17-34-20-12-13-22-19(15-20)16-21(35-22)10-8-7-9-18-11-14-23(27-24(18)29(31)32)28(5)25(30)36-26(2,3)4/h8,10-16H,6,17H2,1-5H3. The summed E-state index contributed by atoms with van der Waals surface area (Å²) in [7, 11) is 1.43. The molecule has 0 spiro atoms. The number of amides is 1. The molecule has 188 valence electrons. The Morgan fingerprint density at radius 1 is 1.25 bits per heavy atom. The van der Waals surface area contributed by atoms with Crippen molar-refractivity contribution in [2.24, 2.45) is 0 Å². The van der Waals surface area contributed by atoms with Gasteiger partial charge in [-0.2, -0.15) is 0 Å². The molecule has 0 unspecified atom stereocenters. The molecule has 3 rings (SSSR count). The molecular weight excluding hydrogens is 466 g/mol. The van der Waals surface area contributed by atoms with Gasteiger partial charge in [-0.15, -0.1) is 0 Å². The number of hydrogen-bond donors (Lipinski definition) is 0. The van der Waals surface area contributed by atoms with E-state index < -0.39 is 22.4 Å². The number of pyridine rings is 1. The third-order valence-corrected chi connectivity index (χ3v) is 4.60. The fourth-order valence-electron chi connectivity index (χ4n) is 2.94. The highest BCUT2D eigenvalue weighted by Gasteiger charge is 2.25. The molecule has 0 radical (unpaired) electrons. The van der Waals surface area contributed by atoms with E-state index in [1.54, 1.807) is 39.0 Å². The van der Waals surface area contributed by atoms with Gasteiger partial charge in [-0.3, -0.25) is 0 Å². The monoisotopic (exact) mass is 493 g/mol. The largest absolute Gasteiger partial charge is 0.468 e. The first-order valence-corrected chi connectivity index (χ1v) is 11.1. The molecule has 2 aromatic heterocycles. The van der Waals surface area contributed by atoms with E-state index in [0.717, 1.165) is 10.3 Å². The van der Waals surface area contributed by atoms with E-state index in [1.807, 2.05) is 19.1 Å². The highest BCUT2D eigenvalue weighted by Crippen LogP contribution is 2.25. The molecule has 0 atom stereocenters. The number of benzene rings is 1. The number of nitro groups is 1. The van der Waals surface area contributed by atoms with Gasteiger partial charge in [0.15, 0.2) is 6.79 Å². The van der Waals surface area contributed by atoms with Gasteiger partial charge in [0, 0.05) is 25.1 Å². The average Bonchev–Trinajstić information content (AvgIpc) is 3.22. The number of furan rings is 1. The minimum Gasteiger partial charge on any atom is -0.468 e. The highest BCUT2D eigenvalue weighted by atomic mass is 16.7. The van der Waals surface area contributed by atoms with Gasteiger partial charge in [-0.25, -0.2) is 9.69 Å². The number of allylic oxidation sites excluding steroid dienone is 1. The van der Waals surface area contributed by atoms with Crippen LogP contribution in [0.2, 0.25) is 0 Å². The third-order valence-electron chi connectivity index (χ3n) is 4.60. The molecule has 0 aliphatic rings. The highest BCUT2D eigenvalue weighted by molar-refractivity contribution is 5.86. The summed E-state index contributed by atoms with van der Waals surface area (Å²) >= 11 is 0. The Kier molecular flexibility index (Phi) is 8.30. The third kappa shape index (κ3) is 7.07. The van der Waals surface area contributed by atoms with E-state index in [9.17, 15) is 14.9 Å². The van der Waals surface area contributed by atoms with Gasteiger partial charge in [-0.1, -0.05) is 11.8 Å². The number of fused-ring (bicyclic) bond motifs is 1. The van der Waals surface area contributed by atoms with Crippen molar-refractivity contribution in [1.29, 1.82) is 0 Å². The SMILES string of the molecule is CCOCOc1ccc2oc(C=CC#Cc3ccc(N(C)C(=O)OC(C)(C)C)nc3[N+](=O)[O-])cc2c1. The summed E-state index contributed by atoms with van der Waals surface area (Å²) in [4.78, 5) is 28.2. The van der Waals surface area contributed by atoms with Gasteiger partial charge in [0.05, 0.1) is 0 Å². The Morgan fingerprint density at radius 2 is 2.03 bits per heavy atom. The van der Waals surface area contributed by atoms with Gasteiger partial charge < -0.3 is 28.7 Å². The number of rotatable bonds is 7. The first kappa shape index (κ1) is 26.2. The van der Waals surface area contributed by atoms with Crippen LogP contribution in [-0.2, 0) is 9.47 Å². The lowest BCUT2D eigenvalue weighted by Gasteiger charge is -2.22. The minimum atomic E-state index is -0.714. The second kappa shape index (κ2) is 11.4. The summed E-state index contributed by atoms with van der Waals surface area (Å²) in [5.74, 6) is 6.30. The van der Waals surface area contributed by atoms with Gasteiger partial charge in [-0.05, 0) is 80.1 Å². The Morgan fingerprint density at radius 3 is 2.72 bits per heavy atom. The minimum absolute atomic E-state index is 0.0731. The van der Waals surface area contributed by atoms with E-state index in [-0.39, 0.29) is 18.2 Å². The van der Waals surface area contributed by atoms with Crippen molar-refractivity contribution in [3.05, 3.63) is 63.9 Å². The molecule has 0 bridgehead atoms. The van der Waals surface area contributed by atoms with E-state index in [1.165, 1.54) is 25.3 Å². The molecular formula is C26H27N3O7. The lowest BCUT2D eigenvalue weighted by atomic mass is 10.2. The van der Waals surface area contributed by atoms with Crippen molar-refractivity contribution in [3.8, 4) is 17.6 Å². The van der Waals surface area contributed by atoms with E-state index in [0.29, 0.717) is 23.7 Å². The molecule has 0 saturated carbocycles. The number of aromatic nitrogens is 1. The smallest absolute Gasteiger partial charge is 0.417 e. The predicted molar refractivity (Wildman–Crippen MR) is 135 cm³/mol. The zero-order valence-corrected chi connectivity index (χ0v) is 20.7. The van der Waals surface area contributed by atoms with Crippen molar-refractivity contribution >= 4 is 34.8 Å². The number of nitrogens with zero attached hydrogens (tertiary/aromatic N) is 3. The molecule has 36 heavy (non-hydrogen) atoms. The predicted octanol–water partition coefficient (Wildman–Crippen LogP) is 5.55. The average molecular weight is 494 g/mol. The summed E-state index contributed by atoms with van der Waals surface area (Å²) in [6.45, 7) is 7.79. The molecule has 0 N–H and O–H groups in total. The van der Waals surface area contributed by atoms with Gasteiger partial charge in [0.1, 0.15) is 28.3 Å². The molecule has 0 saturated heterocycles. The fraction of sp³-hybridized carbons (Fsp3) is 0.308. The molecule has 1 amide bonds. The molecule has 10 heteroatoms. The Hall–Kier alpha value is -4.36. The van der Waals surface area contributed by atoms with Gasteiger partial charge >= 0.3 is 11.9 Å². The van der Waals surface area contributed by atoms with Gasteiger partial charge in [0.2, 0.25) is 0 Å². The number of ether oxygens (including phenoxy) is 3. The maximum atomic E-state index is 12.2. The van der Waals surface area contributed by atoms with Crippen LogP contribution in [0.5, 0.6) is 5.75 Å². The number of carbonyl (C=O) groups is 1. The van der Waals surface area contributed by atoms with Crippen molar-refractivity contribution < 1.29 is 28.3 Å². The Bertz CT molecular complexity index is 1340. The maximum Gasteiger partial charge on any atom is 0.417 e. The van der Waals surface area contributed by atoms with Crippen molar-refractivity contribution in [2.75, 3.05) is 25.3 Å². The van der Waals surface area contributed by atoms with E-state index in [4.69, 9.17) is 18.6 Å². The second-order valence-electron chi connectivity index (χ2n) is 8.54. The molecule has 10 nitrogen and oxygen atoms in total. The van der Waals surface area contributed by atoms with Crippen LogP contribution in [0.1, 0.15) is 39.0 Å². The lowest BCUT2D eigenvalue weighted by Crippen LogP contribution is -2.34. The molecule has 0 aliphatic carbocycles. The van der Waals surface area contributed by atoms with Crippen molar-refractivity contribution in [2.45, 2.75) is 33.3 Å². The summed E-state index contributed by atoms with van der Waals surface area (Å²) in [5, 5.41) is 12.4. The number of carbonyl (C=O) groups excluding carboxylic acids is 1. The van der Waals surface area contributed by atoms with Crippen molar-refractivity contribution in [1.82, 2.24) is 4.98 Å². The zero-order valence-electron chi connectivity index (χ0n) is 20.7. The molecule has 0 aliphatic heterocycles. The molecule has 3 aromatic rings. The van der Waals surface area contributed by atoms with Gasteiger partial charge in [0.25, 0.3) is 5.82 Å². The number of hydrogen-bond acceptors (Lipinski definition) is 8. The zero-order chi connectivity index (χ0) is 26.3. The molecule has 2 heterocycles. The van der Waals surface area contributed by atoms with Crippen LogP contribution >= 0.6 is 0 Å². The Balaban J connectivity index is 1.75. The first-order valence-electron chi connectivity index (χ1n) is 11.1. The summed E-state index contributed by atoms with van der Waals surface area (Å²) in [6.07, 6.45) is 2.50. The van der Waals surface area contributed by atoms with Crippen LogP contribution in [0.25, 0.3) is 17.0 Å². The quantitative estimate of drug-likeness (QED) is 0.138. The summed E-state index contributed by atoms with van der Waals surface area (Å²) < 4.78 is 21.7. The van der Waals surface area contributed by atoms with E-state index >= 15 is 0 Å². The Labute approximate surface area is 208 Å². The fourth-order valence-corrected chi connectivity index (χ4v) is 2.94. The van der Waals surface area contributed by atoms with E-state index in [2.05, 4.69) is 16.8 Å². The molecule has 1 aromatic carbocycles. The van der Waals surface area contributed by atoms with Crippen LogP contribution in [0.15, 0.2) is 46.9 Å². The number of anilines is 1. The second-order valence-corrected chi connectivity index (χ2v) is 8.54. The van der Waals surface area contributed by atoms with Crippen LogP contribution < -0.4 is 9.64 Å². The lowest BCUT2D eigenvalue weighted by molar-refractivity contribution is -0.389. The van der Waals surface area contributed by atoms with Crippen LogP contribution in [-0.4, -0.2) is 42.0 Å². The van der Waals surface area contributed by atoms with Crippen LogP contribution in [0, 0.1) is 22.0 Å². The first-order chi connectivity index (χ1) is 17.1. The van der Waals surface area contributed by atoms with Crippen LogP contribution in [0.4, 0.5) is 16.4 Å². The van der Waals surface area contributed by atoms with Crippen LogP contribution in [0.3, 0.4) is 0 Å². The van der Waals surface area contributed by atoms with Crippen molar-refractivity contribution in [3.63, 3.8) is 0 Å². The summed E-state index contributed by atoms with van der Waals surface area (Å²) in [5.41, 5.74) is 0.0664. The summed E-state index contributed by atoms with van der Waals surface area (Å²) in [6, 6.07) is 10.2. The topological polar surface area (TPSA) is 117 Å². The molecule has 0 fully saturated rings. The maximum absolute atomic E-state index is 12.2.